The van der Waals surface area contributed by atoms with E-state index in [9.17, 15) is 14.0 Å². The lowest BCUT2D eigenvalue weighted by Crippen LogP contribution is -2.22. The number of amides is 2. The maximum atomic E-state index is 13.3. The zero-order valence-electron chi connectivity index (χ0n) is 13.5. The van der Waals surface area contributed by atoms with Crippen LogP contribution in [0.15, 0.2) is 36.4 Å². The molecule has 0 aromatic heterocycles. The lowest BCUT2D eigenvalue weighted by molar-refractivity contribution is 0.0963. The fraction of sp³-hybridized carbons (Fsp3) is 0.176. The average Bonchev–Trinajstić information content (AvgIpc) is 2.60. The summed E-state index contributed by atoms with van der Waals surface area (Å²) in [4.78, 5) is 24.4. The van der Waals surface area contributed by atoms with Crippen molar-refractivity contribution >= 4 is 17.5 Å². The van der Waals surface area contributed by atoms with Gasteiger partial charge in [-0.05, 0) is 24.3 Å². The van der Waals surface area contributed by atoms with Crippen molar-refractivity contribution < 1.29 is 23.5 Å². The minimum absolute atomic E-state index is 0.132. The number of hydrogen-bond acceptors (Lipinski definition) is 4. The highest BCUT2D eigenvalue weighted by molar-refractivity contribution is 6.09. The Morgan fingerprint density at radius 2 is 1.67 bits per heavy atom. The van der Waals surface area contributed by atoms with E-state index in [1.165, 1.54) is 51.6 Å². The molecule has 0 atom stereocenters. The van der Waals surface area contributed by atoms with Gasteiger partial charge < -0.3 is 20.1 Å². The summed E-state index contributed by atoms with van der Waals surface area (Å²) in [5.74, 6) is -0.793. The van der Waals surface area contributed by atoms with E-state index in [4.69, 9.17) is 9.47 Å². The highest BCUT2D eigenvalue weighted by atomic mass is 19.1. The van der Waals surface area contributed by atoms with E-state index in [0.717, 1.165) is 6.07 Å². The van der Waals surface area contributed by atoms with Crippen LogP contribution in [0.1, 0.15) is 20.7 Å². The van der Waals surface area contributed by atoms with Crippen LogP contribution in [0, 0.1) is 5.82 Å². The number of methoxy groups -OCH3 is 2. The van der Waals surface area contributed by atoms with Gasteiger partial charge in [-0.15, -0.1) is 0 Å². The molecule has 0 saturated heterocycles. The Hall–Kier alpha value is -3.09. The third-order valence-electron chi connectivity index (χ3n) is 3.33. The molecule has 0 spiro atoms. The summed E-state index contributed by atoms with van der Waals surface area (Å²) in [5.41, 5.74) is 0.550. The molecule has 2 N–H and O–H groups in total. The minimum Gasteiger partial charge on any atom is -0.493 e. The summed E-state index contributed by atoms with van der Waals surface area (Å²) in [7, 11) is 4.35. The Labute approximate surface area is 138 Å². The summed E-state index contributed by atoms with van der Waals surface area (Å²) < 4.78 is 23.6. The van der Waals surface area contributed by atoms with Crippen LogP contribution >= 0.6 is 0 Å². The summed E-state index contributed by atoms with van der Waals surface area (Å²) in [6, 6.07) is 8.18. The number of carbonyl (C=O) groups excluding carboxylic acids is 2. The highest BCUT2D eigenvalue weighted by Crippen LogP contribution is 2.33. The van der Waals surface area contributed by atoms with Gasteiger partial charge in [0, 0.05) is 18.7 Å². The third kappa shape index (κ3) is 3.62. The van der Waals surface area contributed by atoms with Crippen molar-refractivity contribution in [3.63, 3.8) is 0 Å². The van der Waals surface area contributed by atoms with Crippen LogP contribution in [0.3, 0.4) is 0 Å². The molecule has 0 aliphatic heterocycles. The molecule has 126 valence electrons. The molecule has 0 heterocycles. The molecular weight excluding hydrogens is 315 g/mol. The predicted octanol–water partition coefficient (Wildman–Crippen LogP) is 2.45. The van der Waals surface area contributed by atoms with E-state index >= 15 is 0 Å². The number of rotatable bonds is 5. The number of anilines is 1. The SMILES string of the molecule is CNC(=O)c1cc(OC)c(OC)cc1NC(=O)c1cccc(F)c1. The molecule has 2 aromatic rings. The molecule has 0 saturated carbocycles. The van der Waals surface area contributed by atoms with Crippen LogP contribution < -0.4 is 20.1 Å². The van der Waals surface area contributed by atoms with E-state index in [-0.39, 0.29) is 16.8 Å². The summed E-state index contributed by atoms with van der Waals surface area (Å²) >= 11 is 0. The van der Waals surface area contributed by atoms with E-state index in [2.05, 4.69) is 10.6 Å². The van der Waals surface area contributed by atoms with Crippen molar-refractivity contribution in [1.29, 1.82) is 0 Å². The van der Waals surface area contributed by atoms with Gasteiger partial charge in [0.1, 0.15) is 5.82 Å². The van der Waals surface area contributed by atoms with Crippen LogP contribution in [0.5, 0.6) is 11.5 Å². The Bertz CT molecular complexity index is 777. The molecule has 2 rings (SSSR count). The van der Waals surface area contributed by atoms with Crippen LogP contribution in [-0.2, 0) is 0 Å². The summed E-state index contributed by atoms with van der Waals surface area (Å²) in [5, 5.41) is 5.08. The first-order valence-electron chi connectivity index (χ1n) is 7.05. The van der Waals surface area contributed by atoms with Crippen LogP contribution in [0.4, 0.5) is 10.1 Å². The second-order valence-corrected chi connectivity index (χ2v) is 4.80. The van der Waals surface area contributed by atoms with Gasteiger partial charge in [0.2, 0.25) is 0 Å². The zero-order valence-corrected chi connectivity index (χ0v) is 13.5. The van der Waals surface area contributed by atoms with Crippen molar-refractivity contribution in [3.8, 4) is 11.5 Å². The van der Waals surface area contributed by atoms with Gasteiger partial charge in [0.15, 0.2) is 11.5 Å². The van der Waals surface area contributed by atoms with Crippen molar-refractivity contribution in [2.45, 2.75) is 0 Å². The van der Waals surface area contributed by atoms with Crippen LogP contribution in [-0.4, -0.2) is 33.1 Å². The number of carbonyl (C=O) groups is 2. The van der Waals surface area contributed by atoms with E-state index in [0.29, 0.717) is 11.5 Å². The molecular formula is C17H17FN2O4. The van der Waals surface area contributed by atoms with E-state index in [1.54, 1.807) is 0 Å². The van der Waals surface area contributed by atoms with Crippen molar-refractivity contribution in [2.24, 2.45) is 0 Å². The van der Waals surface area contributed by atoms with Gasteiger partial charge in [-0.1, -0.05) is 6.07 Å². The molecule has 7 heteroatoms. The molecule has 6 nitrogen and oxygen atoms in total. The Morgan fingerprint density at radius 3 is 2.25 bits per heavy atom. The Morgan fingerprint density at radius 1 is 1.00 bits per heavy atom. The number of hydrogen-bond donors (Lipinski definition) is 2. The fourth-order valence-corrected chi connectivity index (χ4v) is 2.13. The van der Waals surface area contributed by atoms with Crippen molar-refractivity contribution in [3.05, 3.63) is 53.3 Å². The maximum Gasteiger partial charge on any atom is 0.255 e. The fourth-order valence-electron chi connectivity index (χ4n) is 2.13. The van der Waals surface area contributed by atoms with Gasteiger partial charge in [-0.2, -0.15) is 0 Å². The largest absolute Gasteiger partial charge is 0.493 e. The summed E-state index contributed by atoms with van der Waals surface area (Å²) in [6.45, 7) is 0. The van der Waals surface area contributed by atoms with Gasteiger partial charge in [0.25, 0.3) is 11.8 Å². The molecule has 2 aromatic carbocycles. The van der Waals surface area contributed by atoms with Gasteiger partial charge in [-0.3, -0.25) is 9.59 Å². The topological polar surface area (TPSA) is 76.7 Å². The van der Waals surface area contributed by atoms with Crippen molar-refractivity contribution in [1.82, 2.24) is 5.32 Å². The monoisotopic (exact) mass is 332 g/mol. The molecule has 0 radical (unpaired) electrons. The molecule has 0 fully saturated rings. The van der Waals surface area contributed by atoms with E-state index < -0.39 is 17.6 Å². The maximum absolute atomic E-state index is 13.3. The zero-order chi connectivity index (χ0) is 17.7. The molecule has 0 aliphatic rings. The van der Waals surface area contributed by atoms with Crippen LogP contribution in [0.2, 0.25) is 0 Å². The lowest BCUT2D eigenvalue weighted by Gasteiger charge is -2.15. The second-order valence-electron chi connectivity index (χ2n) is 4.80. The van der Waals surface area contributed by atoms with Crippen LogP contribution in [0.25, 0.3) is 0 Å². The molecule has 0 aliphatic carbocycles. The molecule has 24 heavy (non-hydrogen) atoms. The lowest BCUT2D eigenvalue weighted by atomic mass is 10.1. The normalized spacial score (nSPS) is 10.0. The van der Waals surface area contributed by atoms with Crippen molar-refractivity contribution in [2.75, 3.05) is 26.6 Å². The first kappa shape index (κ1) is 17.3. The Balaban J connectivity index is 2.43. The van der Waals surface area contributed by atoms with Gasteiger partial charge in [-0.25, -0.2) is 4.39 Å². The average molecular weight is 332 g/mol. The standard InChI is InChI=1S/C17H17FN2O4/c1-19-17(22)12-8-14(23-2)15(24-3)9-13(12)20-16(21)10-5-4-6-11(18)7-10/h4-9H,1-3H3,(H,19,22)(H,20,21). The third-order valence-corrected chi connectivity index (χ3v) is 3.33. The molecule has 2 amide bonds. The van der Waals surface area contributed by atoms with Gasteiger partial charge in [0.05, 0.1) is 25.5 Å². The summed E-state index contributed by atoms with van der Waals surface area (Å²) in [6.07, 6.45) is 0. The second kappa shape index (κ2) is 7.45. The van der Waals surface area contributed by atoms with Gasteiger partial charge >= 0.3 is 0 Å². The molecule has 0 unspecified atom stereocenters. The minimum atomic E-state index is -0.549. The highest BCUT2D eigenvalue weighted by Gasteiger charge is 2.18. The number of ether oxygens (including phenoxy) is 2. The van der Waals surface area contributed by atoms with E-state index in [1.807, 2.05) is 0 Å². The number of nitrogens with one attached hydrogen (secondary N) is 2. The molecule has 0 bridgehead atoms. The first-order chi connectivity index (χ1) is 11.5. The predicted molar refractivity (Wildman–Crippen MR) is 87.3 cm³/mol. The number of benzene rings is 2. The number of halogens is 1. The quantitative estimate of drug-likeness (QED) is 0.882. The smallest absolute Gasteiger partial charge is 0.255 e. The first-order valence-corrected chi connectivity index (χ1v) is 7.05. The Kier molecular flexibility index (Phi) is 5.36.